The highest BCUT2D eigenvalue weighted by atomic mass is 35.5. The Morgan fingerprint density at radius 2 is 1.86 bits per heavy atom. The van der Waals surface area contributed by atoms with E-state index in [-0.39, 0.29) is 45.9 Å². The van der Waals surface area contributed by atoms with Gasteiger partial charge in [-0.3, -0.25) is 4.79 Å². The zero-order valence-corrected chi connectivity index (χ0v) is 18.5. The van der Waals surface area contributed by atoms with Crippen LogP contribution in [0.5, 0.6) is 0 Å². The summed E-state index contributed by atoms with van der Waals surface area (Å²) in [7, 11) is -3.80. The van der Waals surface area contributed by atoms with E-state index in [4.69, 9.17) is 23.2 Å². The summed E-state index contributed by atoms with van der Waals surface area (Å²) in [5.41, 5.74) is 0. The average Bonchev–Trinajstić information content (AvgIpc) is 3.20. The second-order valence-corrected chi connectivity index (χ2v) is 10.4. The Balaban J connectivity index is 1.65. The minimum Gasteiger partial charge on any atom is -0.348 e. The standard InChI is InChI=1S/C19H22Cl2N2O3S2/c1-2-16(17-7-4-12-27-17)22-19(24)13-8-10-23(11-9-13)28(25,26)18-14(20)5-3-6-15(18)21/h3-7,12-13,16H,2,8-11H2,1H3,(H,22,24). The van der Waals surface area contributed by atoms with E-state index in [1.165, 1.54) is 16.4 Å². The van der Waals surface area contributed by atoms with Crippen molar-refractivity contribution < 1.29 is 13.2 Å². The first-order valence-electron chi connectivity index (χ1n) is 9.12. The predicted molar refractivity (Wildman–Crippen MR) is 113 cm³/mol. The number of carbonyl (C=O) groups excluding carboxylic acids is 1. The van der Waals surface area contributed by atoms with E-state index >= 15 is 0 Å². The number of rotatable bonds is 6. The zero-order valence-electron chi connectivity index (χ0n) is 15.4. The van der Waals surface area contributed by atoms with Gasteiger partial charge in [-0.1, -0.05) is 42.3 Å². The van der Waals surface area contributed by atoms with Crippen LogP contribution in [0.1, 0.15) is 37.1 Å². The van der Waals surface area contributed by atoms with Crippen LogP contribution in [0.25, 0.3) is 0 Å². The molecular weight excluding hydrogens is 439 g/mol. The molecule has 5 nitrogen and oxygen atoms in total. The molecule has 0 spiro atoms. The first kappa shape index (κ1) is 21.6. The summed E-state index contributed by atoms with van der Waals surface area (Å²) in [4.78, 5) is 13.7. The number of nitrogens with zero attached hydrogens (tertiary/aromatic N) is 1. The quantitative estimate of drug-likeness (QED) is 0.677. The van der Waals surface area contributed by atoms with Crippen molar-refractivity contribution in [2.45, 2.75) is 37.1 Å². The van der Waals surface area contributed by atoms with Gasteiger partial charge in [-0.15, -0.1) is 11.3 Å². The van der Waals surface area contributed by atoms with E-state index in [0.717, 1.165) is 11.3 Å². The van der Waals surface area contributed by atoms with Crippen molar-refractivity contribution in [1.82, 2.24) is 9.62 Å². The van der Waals surface area contributed by atoms with Gasteiger partial charge < -0.3 is 5.32 Å². The molecule has 28 heavy (non-hydrogen) atoms. The van der Waals surface area contributed by atoms with Gasteiger partial charge in [0.05, 0.1) is 16.1 Å². The van der Waals surface area contributed by atoms with Gasteiger partial charge >= 0.3 is 0 Å². The van der Waals surface area contributed by atoms with Gasteiger partial charge in [-0.2, -0.15) is 4.31 Å². The van der Waals surface area contributed by atoms with Crippen molar-refractivity contribution in [3.63, 3.8) is 0 Å². The number of halogens is 2. The maximum Gasteiger partial charge on any atom is 0.246 e. The highest BCUT2D eigenvalue weighted by Crippen LogP contribution is 2.33. The lowest BCUT2D eigenvalue weighted by atomic mass is 9.96. The molecule has 1 atom stereocenters. The molecule has 1 aromatic carbocycles. The maximum absolute atomic E-state index is 12.9. The van der Waals surface area contributed by atoms with Gasteiger partial charge in [-0.05, 0) is 42.8 Å². The van der Waals surface area contributed by atoms with Crippen LogP contribution < -0.4 is 5.32 Å². The largest absolute Gasteiger partial charge is 0.348 e. The summed E-state index contributed by atoms with van der Waals surface area (Å²) in [6, 6.07) is 8.61. The first-order valence-corrected chi connectivity index (χ1v) is 12.2. The predicted octanol–water partition coefficient (Wildman–Crippen LogP) is 4.72. The Morgan fingerprint density at radius 3 is 2.39 bits per heavy atom. The topological polar surface area (TPSA) is 66.5 Å². The number of hydrogen-bond acceptors (Lipinski definition) is 4. The molecule has 0 saturated carbocycles. The zero-order chi connectivity index (χ0) is 20.3. The van der Waals surface area contributed by atoms with Crippen LogP contribution in [0.2, 0.25) is 10.0 Å². The van der Waals surface area contributed by atoms with Crippen LogP contribution in [0.15, 0.2) is 40.6 Å². The van der Waals surface area contributed by atoms with E-state index in [2.05, 4.69) is 5.32 Å². The summed E-state index contributed by atoms with van der Waals surface area (Å²) in [5, 5.41) is 5.31. The lowest BCUT2D eigenvalue weighted by molar-refractivity contribution is -0.126. The van der Waals surface area contributed by atoms with E-state index in [1.807, 2.05) is 24.4 Å². The summed E-state index contributed by atoms with van der Waals surface area (Å²) >= 11 is 13.8. The molecule has 1 N–H and O–H groups in total. The maximum atomic E-state index is 12.9. The minimum atomic E-state index is -3.80. The molecule has 3 rings (SSSR count). The molecule has 1 aliphatic rings. The molecule has 0 radical (unpaired) electrons. The number of amides is 1. The summed E-state index contributed by atoms with van der Waals surface area (Å²) in [6.45, 7) is 2.56. The van der Waals surface area contributed by atoms with E-state index in [1.54, 1.807) is 17.4 Å². The highest BCUT2D eigenvalue weighted by molar-refractivity contribution is 7.89. The molecule has 9 heteroatoms. The van der Waals surface area contributed by atoms with Gasteiger partial charge in [0, 0.05) is 23.9 Å². The van der Waals surface area contributed by atoms with E-state index in [0.29, 0.717) is 12.8 Å². The molecule has 0 aliphatic carbocycles. The van der Waals surface area contributed by atoms with Gasteiger partial charge in [0.25, 0.3) is 0 Å². The summed E-state index contributed by atoms with van der Waals surface area (Å²) < 4.78 is 27.2. The Kier molecular flexibility index (Phi) is 7.04. The SMILES string of the molecule is CCC(NC(=O)C1CCN(S(=O)(=O)c2c(Cl)cccc2Cl)CC1)c1cccs1. The minimum absolute atomic E-state index is 0.00352. The van der Waals surface area contributed by atoms with Crippen molar-refractivity contribution in [2.75, 3.05) is 13.1 Å². The number of benzene rings is 1. The van der Waals surface area contributed by atoms with E-state index < -0.39 is 10.0 Å². The number of thiophene rings is 1. The van der Waals surface area contributed by atoms with Gasteiger partial charge in [0.2, 0.25) is 15.9 Å². The molecule has 0 bridgehead atoms. The van der Waals surface area contributed by atoms with Gasteiger partial charge in [0.1, 0.15) is 4.90 Å². The van der Waals surface area contributed by atoms with Crippen molar-refractivity contribution in [1.29, 1.82) is 0 Å². The Hall–Kier alpha value is -1.12. The van der Waals surface area contributed by atoms with Crippen LogP contribution in [-0.4, -0.2) is 31.7 Å². The Labute approximate surface area is 179 Å². The molecule has 152 valence electrons. The monoisotopic (exact) mass is 460 g/mol. The van der Waals surface area contributed by atoms with Crippen molar-refractivity contribution in [2.24, 2.45) is 5.92 Å². The lowest BCUT2D eigenvalue weighted by Crippen LogP contribution is -2.43. The first-order chi connectivity index (χ1) is 13.3. The molecule has 1 aromatic heterocycles. The third-order valence-electron chi connectivity index (χ3n) is 4.95. The van der Waals surface area contributed by atoms with Crippen LogP contribution in [0, 0.1) is 5.92 Å². The normalized spacial score (nSPS) is 17.4. The average molecular weight is 461 g/mol. The number of sulfonamides is 1. The van der Waals surface area contributed by atoms with Crippen LogP contribution in [0.4, 0.5) is 0 Å². The highest BCUT2D eigenvalue weighted by Gasteiger charge is 2.34. The number of hydrogen-bond donors (Lipinski definition) is 1. The fourth-order valence-corrected chi connectivity index (χ4v) is 6.79. The number of piperidine rings is 1. The third kappa shape index (κ3) is 4.54. The second-order valence-electron chi connectivity index (χ2n) is 6.71. The Bertz CT molecular complexity index is 904. The van der Waals surface area contributed by atoms with Crippen molar-refractivity contribution >= 4 is 50.5 Å². The van der Waals surface area contributed by atoms with Crippen LogP contribution >= 0.6 is 34.5 Å². The summed E-state index contributed by atoms with van der Waals surface area (Å²) in [5.74, 6) is -0.227. The second kappa shape index (κ2) is 9.13. The van der Waals surface area contributed by atoms with Crippen LogP contribution in [-0.2, 0) is 14.8 Å². The molecular formula is C19H22Cl2N2O3S2. The molecule has 1 fully saturated rings. The van der Waals surface area contributed by atoms with Gasteiger partial charge in [-0.25, -0.2) is 8.42 Å². The Morgan fingerprint density at radius 1 is 1.21 bits per heavy atom. The van der Waals surface area contributed by atoms with Crippen LogP contribution in [0.3, 0.4) is 0 Å². The molecule has 1 saturated heterocycles. The number of carbonyl (C=O) groups is 1. The fraction of sp³-hybridized carbons (Fsp3) is 0.421. The van der Waals surface area contributed by atoms with Crippen molar-refractivity contribution in [3.05, 3.63) is 50.6 Å². The molecule has 1 unspecified atom stereocenters. The van der Waals surface area contributed by atoms with E-state index in [9.17, 15) is 13.2 Å². The molecule has 1 amide bonds. The third-order valence-corrected chi connectivity index (χ3v) is 8.79. The molecule has 2 aromatic rings. The molecule has 1 aliphatic heterocycles. The smallest absolute Gasteiger partial charge is 0.246 e. The lowest BCUT2D eigenvalue weighted by Gasteiger charge is -2.31. The van der Waals surface area contributed by atoms with Crippen molar-refractivity contribution in [3.8, 4) is 0 Å². The fourth-order valence-electron chi connectivity index (χ4n) is 3.37. The molecule has 2 heterocycles. The number of nitrogens with one attached hydrogen (secondary N) is 1. The van der Waals surface area contributed by atoms with Gasteiger partial charge in [0.15, 0.2) is 0 Å². The summed E-state index contributed by atoms with van der Waals surface area (Å²) in [6.07, 6.45) is 1.74.